The van der Waals surface area contributed by atoms with Gasteiger partial charge in [-0.25, -0.2) is 8.42 Å². The largest absolute Gasteiger partial charge is 0.496 e. The van der Waals surface area contributed by atoms with Crippen molar-refractivity contribution in [1.82, 2.24) is 9.21 Å². The Morgan fingerprint density at radius 1 is 1.29 bits per heavy atom. The summed E-state index contributed by atoms with van der Waals surface area (Å²) in [6, 6.07) is 4.76. The number of benzene rings is 1. The zero-order valence-corrected chi connectivity index (χ0v) is 14.2. The number of aliphatic hydroxyl groups is 1. The van der Waals surface area contributed by atoms with E-state index in [-0.39, 0.29) is 11.5 Å². The molecule has 118 valence electrons. The standard InChI is InChI=1S/C13H19BrN2O4S/c1-20-13-3-2-11(10-12(13)14)21(18,19)16-6-4-15(5-7-16)8-9-17/h2-3,10,17H,4-9H2,1H3. The Morgan fingerprint density at radius 2 is 1.95 bits per heavy atom. The van der Waals surface area contributed by atoms with Gasteiger partial charge in [-0.1, -0.05) is 0 Å². The number of aliphatic hydroxyl groups excluding tert-OH is 1. The van der Waals surface area contributed by atoms with E-state index in [0.29, 0.717) is 42.9 Å². The van der Waals surface area contributed by atoms with Crippen LogP contribution in [0.25, 0.3) is 0 Å². The summed E-state index contributed by atoms with van der Waals surface area (Å²) in [5, 5.41) is 8.91. The fourth-order valence-electron chi connectivity index (χ4n) is 2.29. The minimum Gasteiger partial charge on any atom is -0.496 e. The molecule has 1 N–H and O–H groups in total. The second-order valence-electron chi connectivity index (χ2n) is 4.77. The van der Waals surface area contributed by atoms with Crippen LogP contribution in [-0.2, 0) is 10.0 Å². The lowest BCUT2D eigenvalue weighted by molar-refractivity contribution is 0.151. The fourth-order valence-corrected chi connectivity index (χ4v) is 4.43. The molecule has 0 amide bonds. The van der Waals surface area contributed by atoms with Gasteiger partial charge in [0.15, 0.2) is 0 Å². The minimum atomic E-state index is -3.49. The third kappa shape index (κ3) is 3.75. The summed E-state index contributed by atoms with van der Waals surface area (Å²) in [6.45, 7) is 2.83. The molecule has 1 saturated heterocycles. The summed E-state index contributed by atoms with van der Waals surface area (Å²) in [7, 11) is -1.95. The van der Waals surface area contributed by atoms with Gasteiger partial charge >= 0.3 is 0 Å². The first kappa shape index (κ1) is 16.7. The maximum absolute atomic E-state index is 12.6. The summed E-state index contributed by atoms with van der Waals surface area (Å²) < 4.78 is 32.4. The second kappa shape index (κ2) is 7.06. The van der Waals surface area contributed by atoms with Crippen molar-refractivity contribution in [2.24, 2.45) is 0 Å². The van der Waals surface area contributed by atoms with E-state index in [2.05, 4.69) is 20.8 Å². The Balaban J connectivity index is 2.14. The molecule has 1 fully saturated rings. The van der Waals surface area contributed by atoms with Crippen molar-refractivity contribution in [3.8, 4) is 5.75 Å². The Morgan fingerprint density at radius 3 is 2.48 bits per heavy atom. The highest BCUT2D eigenvalue weighted by atomic mass is 79.9. The lowest BCUT2D eigenvalue weighted by atomic mass is 10.3. The number of nitrogens with zero attached hydrogens (tertiary/aromatic N) is 2. The molecule has 1 heterocycles. The predicted octanol–water partition coefficient (Wildman–Crippen LogP) is 0.756. The van der Waals surface area contributed by atoms with Crippen LogP contribution >= 0.6 is 15.9 Å². The lowest BCUT2D eigenvalue weighted by Gasteiger charge is -2.33. The first-order valence-corrected chi connectivity index (χ1v) is 8.89. The highest BCUT2D eigenvalue weighted by Gasteiger charge is 2.28. The molecule has 0 aliphatic carbocycles. The molecule has 1 aromatic carbocycles. The summed E-state index contributed by atoms with van der Waals surface area (Å²) in [5.41, 5.74) is 0. The SMILES string of the molecule is COc1ccc(S(=O)(=O)N2CCN(CCO)CC2)cc1Br. The quantitative estimate of drug-likeness (QED) is 0.818. The van der Waals surface area contributed by atoms with Crippen LogP contribution in [0, 0.1) is 0 Å². The van der Waals surface area contributed by atoms with E-state index in [0.717, 1.165) is 0 Å². The Kier molecular flexibility index (Phi) is 5.61. The molecular weight excluding hydrogens is 360 g/mol. The minimum absolute atomic E-state index is 0.0954. The van der Waals surface area contributed by atoms with Crippen molar-refractivity contribution < 1.29 is 18.3 Å². The molecule has 1 aromatic rings. The summed E-state index contributed by atoms with van der Waals surface area (Å²) in [6.07, 6.45) is 0. The highest BCUT2D eigenvalue weighted by Crippen LogP contribution is 2.29. The normalized spacial score (nSPS) is 17.9. The van der Waals surface area contributed by atoms with E-state index in [9.17, 15) is 8.42 Å². The number of β-amino-alcohol motifs (C(OH)–C–C–N with tert-alkyl or cyclic N) is 1. The van der Waals surface area contributed by atoms with Gasteiger partial charge in [0, 0.05) is 32.7 Å². The predicted molar refractivity (Wildman–Crippen MR) is 83.0 cm³/mol. The molecule has 1 aliphatic rings. The number of rotatable bonds is 5. The topological polar surface area (TPSA) is 70.1 Å². The maximum Gasteiger partial charge on any atom is 0.243 e. The highest BCUT2D eigenvalue weighted by molar-refractivity contribution is 9.10. The Labute approximate surface area is 133 Å². The van der Waals surface area contributed by atoms with Gasteiger partial charge in [-0.15, -0.1) is 0 Å². The van der Waals surface area contributed by atoms with Gasteiger partial charge in [0.05, 0.1) is 23.1 Å². The first-order valence-electron chi connectivity index (χ1n) is 6.66. The van der Waals surface area contributed by atoms with Gasteiger partial charge in [0.2, 0.25) is 10.0 Å². The number of halogens is 1. The maximum atomic E-state index is 12.6. The molecule has 21 heavy (non-hydrogen) atoms. The van der Waals surface area contributed by atoms with Crippen molar-refractivity contribution in [3.05, 3.63) is 22.7 Å². The molecule has 1 aliphatic heterocycles. The van der Waals surface area contributed by atoms with Crippen LogP contribution in [0.2, 0.25) is 0 Å². The van der Waals surface area contributed by atoms with Crippen molar-refractivity contribution in [2.75, 3.05) is 46.4 Å². The third-order valence-electron chi connectivity index (χ3n) is 3.51. The summed E-state index contributed by atoms with van der Waals surface area (Å²) >= 11 is 3.31. The fraction of sp³-hybridized carbons (Fsp3) is 0.538. The average molecular weight is 379 g/mol. The third-order valence-corrected chi connectivity index (χ3v) is 6.02. The van der Waals surface area contributed by atoms with Gasteiger partial charge in [0.1, 0.15) is 5.75 Å². The number of sulfonamides is 1. The van der Waals surface area contributed by atoms with Gasteiger partial charge in [-0.2, -0.15) is 4.31 Å². The number of ether oxygens (including phenoxy) is 1. The van der Waals surface area contributed by atoms with Crippen LogP contribution in [0.3, 0.4) is 0 Å². The first-order chi connectivity index (χ1) is 9.98. The molecule has 2 rings (SSSR count). The van der Waals surface area contributed by atoms with E-state index < -0.39 is 10.0 Å². The van der Waals surface area contributed by atoms with Crippen LogP contribution in [0.1, 0.15) is 0 Å². The Bertz CT molecular complexity index is 586. The number of hydrogen-bond donors (Lipinski definition) is 1. The lowest BCUT2D eigenvalue weighted by Crippen LogP contribution is -2.49. The van der Waals surface area contributed by atoms with Gasteiger partial charge < -0.3 is 9.84 Å². The average Bonchev–Trinajstić information content (AvgIpc) is 2.48. The van der Waals surface area contributed by atoms with E-state index in [1.807, 2.05) is 0 Å². The van der Waals surface area contributed by atoms with Crippen molar-refractivity contribution in [1.29, 1.82) is 0 Å². The van der Waals surface area contributed by atoms with Crippen LogP contribution in [0.4, 0.5) is 0 Å². The second-order valence-corrected chi connectivity index (χ2v) is 7.56. The molecule has 0 radical (unpaired) electrons. The van der Waals surface area contributed by atoms with E-state index in [1.165, 1.54) is 11.4 Å². The summed E-state index contributed by atoms with van der Waals surface area (Å²) in [4.78, 5) is 2.31. The number of methoxy groups -OCH3 is 1. The molecule has 8 heteroatoms. The molecule has 0 bridgehead atoms. The smallest absolute Gasteiger partial charge is 0.243 e. The van der Waals surface area contributed by atoms with Crippen molar-refractivity contribution in [3.63, 3.8) is 0 Å². The van der Waals surface area contributed by atoms with E-state index in [1.54, 1.807) is 18.2 Å². The molecule has 0 unspecified atom stereocenters. The van der Waals surface area contributed by atoms with E-state index in [4.69, 9.17) is 9.84 Å². The van der Waals surface area contributed by atoms with Crippen LogP contribution in [0.15, 0.2) is 27.6 Å². The molecule has 0 saturated carbocycles. The Hall–Kier alpha value is -0.670. The number of piperazine rings is 1. The summed E-state index contributed by atoms with van der Waals surface area (Å²) in [5.74, 6) is 0.599. The van der Waals surface area contributed by atoms with Crippen molar-refractivity contribution in [2.45, 2.75) is 4.90 Å². The van der Waals surface area contributed by atoms with Gasteiger partial charge in [0.25, 0.3) is 0 Å². The van der Waals surface area contributed by atoms with Crippen LogP contribution in [0.5, 0.6) is 5.75 Å². The van der Waals surface area contributed by atoms with Gasteiger partial charge in [-0.05, 0) is 34.1 Å². The molecule has 6 nitrogen and oxygen atoms in total. The number of hydrogen-bond acceptors (Lipinski definition) is 5. The zero-order chi connectivity index (χ0) is 15.5. The zero-order valence-electron chi connectivity index (χ0n) is 11.8. The molecule has 0 spiro atoms. The molecule has 0 atom stereocenters. The monoisotopic (exact) mass is 378 g/mol. The van der Waals surface area contributed by atoms with E-state index >= 15 is 0 Å². The van der Waals surface area contributed by atoms with Gasteiger partial charge in [-0.3, -0.25) is 4.90 Å². The van der Waals surface area contributed by atoms with Crippen LogP contribution < -0.4 is 4.74 Å². The van der Waals surface area contributed by atoms with Crippen molar-refractivity contribution >= 4 is 26.0 Å². The van der Waals surface area contributed by atoms with Crippen LogP contribution in [-0.4, -0.2) is 69.2 Å². The molecule has 0 aromatic heterocycles. The molecular formula is C13H19BrN2O4S.